The van der Waals surface area contributed by atoms with Crippen LogP contribution in [0.4, 0.5) is 5.13 Å². The summed E-state index contributed by atoms with van der Waals surface area (Å²) in [7, 11) is 3.56. The minimum atomic E-state index is -0.491. The van der Waals surface area contributed by atoms with Gasteiger partial charge in [-0.3, -0.25) is 10.1 Å². The Labute approximate surface area is 138 Å². The average Bonchev–Trinajstić information content (AvgIpc) is 2.94. The van der Waals surface area contributed by atoms with E-state index < -0.39 is 4.92 Å². The maximum absolute atomic E-state index is 10.4. The number of thioether (sulfide) groups is 1. The predicted molar refractivity (Wildman–Crippen MR) is 92.5 cm³/mol. The molecule has 0 unspecified atom stereocenters. The van der Waals surface area contributed by atoms with Gasteiger partial charge in [0.2, 0.25) is 0 Å². The molecule has 0 bridgehead atoms. The van der Waals surface area contributed by atoms with E-state index in [4.69, 9.17) is 6.42 Å². The van der Waals surface area contributed by atoms with E-state index in [0.29, 0.717) is 18.9 Å². The normalized spacial score (nSPS) is 10.9. The van der Waals surface area contributed by atoms with Crippen molar-refractivity contribution >= 4 is 28.2 Å². The van der Waals surface area contributed by atoms with E-state index in [2.05, 4.69) is 21.5 Å². The molecule has 0 spiro atoms. The van der Waals surface area contributed by atoms with Crippen molar-refractivity contribution in [2.75, 3.05) is 37.8 Å². The molecule has 9 heteroatoms. The summed E-state index contributed by atoms with van der Waals surface area (Å²) >= 11 is 3.29. The lowest BCUT2D eigenvalue weighted by atomic mass is 10.6. The van der Waals surface area contributed by atoms with Crippen LogP contribution in [0.25, 0.3) is 0 Å². The first kappa shape index (κ1) is 18.1. The summed E-state index contributed by atoms with van der Waals surface area (Å²) < 4.78 is 0. The quantitative estimate of drug-likeness (QED) is 0.287. The van der Waals surface area contributed by atoms with Crippen LogP contribution in [-0.2, 0) is 5.75 Å². The smallest absolute Gasteiger partial charge is 0.274 e. The molecule has 1 aromatic rings. The van der Waals surface area contributed by atoms with Crippen molar-refractivity contribution in [3.63, 3.8) is 0 Å². The summed E-state index contributed by atoms with van der Waals surface area (Å²) in [5.74, 6) is 4.61. The van der Waals surface area contributed by atoms with Crippen LogP contribution in [0.3, 0.4) is 0 Å². The van der Waals surface area contributed by atoms with Crippen LogP contribution in [-0.4, -0.2) is 42.8 Å². The van der Waals surface area contributed by atoms with Crippen LogP contribution in [0.15, 0.2) is 17.4 Å². The number of nitrogens with zero attached hydrogens (tertiary/aromatic N) is 3. The number of terminal acetylenes is 1. The minimum absolute atomic E-state index is 0.400. The van der Waals surface area contributed by atoms with Crippen molar-refractivity contribution in [2.24, 2.45) is 0 Å². The number of thiazole rings is 1. The number of rotatable bonds is 10. The highest BCUT2D eigenvalue weighted by Crippen LogP contribution is 2.21. The van der Waals surface area contributed by atoms with Gasteiger partial charge in [0.1, 0.15) is 0 Å². The fourth-order valence-electron chi connectivity index (χ4n) is 1.48. The summed E-state index contributed by atoms with van der Waals surface area (Å²) in [6.45, 7) is 1.18. The van der Waals surface area contributed by atoms with E-state index in [0.717, 1.165) is 28.5 Å². The molecule has 0 fully saturated rings. The van der Waals surface area contributed by atoms with Crippen molar-refractivity contribution in [2.45, 2.75) is 5.75 Å². The first-order valence-electron chi connectivity index (χ1n) is 6.50. The SMILES string of the molecule is C#CCN(C)c1nc(CSCCNC(=C[N+](=O)[O-])NC)cs1. The van der Waals surface area contributed by atoms with Crippen LogP contribution in [0.1, 0.15) is 5.69 Å². The van der Waals surface area contributed by atoms with Crippen molar-refractivity contribution in [1.82, 2.24) is 15.6 Å². The van der Waals surface area contributed by atoms with E-state index in [-0.39, 0.29) is 0 Å². The molecule has 120 valence electrons. The highest BCUT2D eigenvalue weighted by molar-refractivity contribution is 7.98. The van der Waals surface area contributed by atoms with Crippen LogP contribution < -0.4 is 15.5 Å². The third-order valence-corrected chi connectivity index (χ3v) is 4.51. The Kier molecular flexibility index (Phi) is 8.17. The Morgan fingerprint density at radius 3 is 3.14 bits per heavy atom. The molecule has 0 saturated heterocycles. The van der Waals surface area contributed by atoms with Crippen LogP contribution in [0, 0.1) is 22.5 Å². The van der Waals surface area contributed by atoms with Crippen molar-refractivity contribution in [3.05, 3.63) is 33.2 Å². The summed E-state index contributed by atoms with van der Waals surface area (Å²) in [6, 6.07) is 0. The molecule has 2 N–H and O–H groups in total. The second kappa shape index (κ2) is 9.92. The summed E-state index contributed by atoms with van der Waals surface area (Å²) in [5.41, 5.74) is 1.02. The molecule has 1 aromatic heterocycles. The van der Waals surface area contributed by atoms with Crippen molar-refractivity contribution < 1.29 is 4.92 Å². The molecule has 22 heavy (non-hydrogen) atoms. The summed E-state index contributed by atoms with van der Waals surface area (Å²) in [5, 5.41) is 19.0. The van der Waals surface area contributed by atoms with E-state index in [1.807, 2.05) is 17.3 Å². The van der Waals surface area contributed by atoms with E-state index in [9.17, 15) is 10.1 Å². The van der Waals surface area contributed by atoms with E-state index in [1.165, 1.54) is 0 Å². The van der Waals surface area contributed by atoms with Gasteiger partial charge in [0, 0.05) is 37.5 Å². The molecule has 0 atom stereocenters. The molecule has 0 saturated carbocycles. The molecule has 1 rings (SSSR count). The number of aromatic nitrogens is 1. The summed E-state index contributed by atoms with van der Waals surface area (Å²) in [6.07, 6.45) is 6.19. The number of nitro groups is 1. The van der Waals surface area contributed by atoms with Gasteiger partial charge in [-0.25, -0.2) is 4.98 Å². The molecule has 0 aromatic carbocycles. The average molecular weight is 341 g/mol. The van der Waals surface area contributed by atoms with Gasteiger partial charge in [0.05, 0.1) is 17.2 Å². The fraction of sp³-hybridized carbons (Fsp3) is 0.462. The van der Waals surface area contributed by atoms with Crippen molar-refractivity contribution in [3.8, 4) is 12.3 Å². The van der Waals surface area contributed by atoms with Gasteiger partial charge in [-0.1, -0.05) is 5.92 Å². The second-order valence-electron chi connectivity index (χ2n) is 4.24. The Bertz CT molecular complexity index is 553. The zero-order chi connectivity index (χ0) is 16.4. The molecule has 0 radical (unpaired) electrons. The highest BCUT2D eigenvalue weighted by Gasteiger charge is 2.06. The molecule has 0 amide bonds. The minimum Gasteiger partial charge on any atom is -0.370 e. The molecule has 0 aliphatic heterocycles. The van der Waals surface area contributed by atoms with Crippen LogP contribution >= 0.6 is 23.1 Å². The van der Waals surface area contributed by atoms with E-state index in [1.54, 1.807) is 30.1 Å². The molecule has 0 aliphatic rings. The first-order valence-corrected chi connectivity index (χ1v) is 8.54. The van der Waals surface area contributed by atoms with Crippen molar-refractivity contribution in [1.29, 1.82) is 0 Å². The lowest BCUT2D eigenvalue weighted by Crippen LogP contribution is -2.26. The maximum atomic E-state index is 10.4. The lowest BCUT2D eigenvalue weighted by Gasteiger charge is -2.10. The Morgan fingerprint density at radius 1 is 1.73 bits per heavy atom. The lowest BCUT2D eigenvalue weighted by molar-refractivity contribution is -0.404. The fourth-order valence-corrected chi connectivity index (χ4v) is 3.13. The second-order valence-corrected chi connectivity index (χ2v) is 6.18. The van der Waals surface area contributed by atoms with Gasteiger partial charge < -0.3 is 15.5 Å². The number of hydrogen-bond acceptors (Lipinski definition) is 8. The number of hydrogen-bond donors (Lipinski definition) is 2. The van der Waals surface area contributed by atoms with Gasteiger partial charge in [0.15, 0.2) is 11.0 Å². The van der Waals surface area contributed by atoms with Gasteiger partial charge >= 0.3 is 0 Å². The molecule has 1 heterocycles. The Hall–Kier alpha value is -1.92. The van der Waals surface area contributed by atoms with Gasteiger partial charge in [0.25, 0.3) is 6.20 Å². The van der Waals surface area contributed by atoms with Gasteiger partial charge in [-0.15, -0.1) is 17.8 Å². The first-order chi connectivity index (χ1) is 10.6. The van der Waals surface area contributed by atoms with Crippen LogP contribution in [0.5, 0.6) is 0 Å². The Morgan fingerprint density at radius 2 is 2.50 bits per heavy atom. The molecular formula is C13H19N5O2S2. The summed E-state index contributed by atoms with van der Waals surface area (Å²) in [4.78, 5) is 16.3. The predicted octanol–water partition coefficient (Wildman–Crippen LogP) is 1.33. The largest absolute Gasteiger partial charge is 0.370 e. The molecule has 7 nitrogen and oxygen atoms in total. The zero-order valence-electron chi connectivity index (χ0n) is 12.5. The van der Waals surface area contributed by atoms with Gasteiger partial charge in [-0.05, 0) is 0 Å². The highest BCUT2D eigenvalue weighted by atomic mass is 32.2. The van der Waals surface area contributed by atoms with Crippen LogP contribution in [0.2, 0.25) is 0 Å². The third kappa shape index (κ3) is 6.69. The monoisotopic (exact) mass is 341 g/mol. The molecular weight excluding hydrogens is 322 g/mol. The standard InChI is InChI=1S/C13H19N5O2S2/c1-4-6-17(3)13-16-11(10-22-13)9-21-7-5-15-12(14-2)8-18(19)20/h1,8,10,14-15H,5-7,9H2,2-3H3. The van der Waals surface area contributed by atoms with E-state index >= 15 is 0 Å². The number of nitrogens with one attached hydrogen (secondary N) is 2. The third-order valence-electron chi connectivity index (χ3n) is 2.51. The van der Waals surface area contributed by atoms with Gasteiger partial charge in [-0.2, -0.15) is 11.8 Å². The zero-order valence-corrected chi connectivity index (χ0v) is 14.2. The topological polar surface area (TPSA) is 83.3 Å². The number of anilines is 1. The molecule has 0 aliphatic carbocycles. The maximum Gasteiger partial charge on any atom is 0.274 e. The Balaban J connectivity index is 2.28.